The average Bonchev–Trinajstić information content (AvgIpc) is 2.73. The Morgan fingerprint density at radius 2 is 2.09 bits per heavy atom. The largest absolute Gasteiger partial charge is 0.512 e. The van der Waals surface area contributed by atoms with Gasteiger partial charge in [0, 0.05) is 6.08 Å². The predicted molar refractivity (Wildman–Crippen MR) is 82.7 cm³/mol. The number of fused-ring (bicyclic) bond motifs is 1. The number of carbonyl (C=O) groups is 1. The monoisotopic (exact) mass is 301 g/mol. The van der Waals surface area contributed by atoms with Gasteiger partial charge in [-0.1, -0.05) is 19.9 Å². The van der Waals surface area contributed by atoms with Crippen LogP contribution in [0.1, 0.15) is 39.2 Å². The summed E-state index contributed by atoms with van der Waals surface area (Å²) in [6.45, 7) is 7.34. The van der Waals surface area contributed by atoms with Crippen LogP contribution in [0.4, 0.5) is 5.69 Å². The van der Waals surface area contributed by atoms with Crippen LogP contribution in [-0.4, -0.2) is 16.8 Å². The van der Waals surface area contributed by atoms with Crippen LogP contribution in [0.5, 0.6) is 5.75 Å². The minimum Gasteiger partial charge on any atom is -0.512 e. The first-order valence-corrected chi connectivity index (χ1v) is 7.25. The van der Waals surface area contributed by atoms with Crippen LogP contribution in [0.15, 0.2) is 41.4 Å². The molecular weight excluding hydrogens is 282 g/mol. The van der Waals surface area contributed by atoms with E-state index in [-0.39, 0.29) is 11.3 Å². The molecule has 0 bridgehead atoms. The molecule has 2 aliphatic heterocycles. The van der Waals surface area contributed by atoms with Gasteiger partial charge >= 0.3 is 5.97 Å². The number of nitrogens with one attached hydrogen (secondary N) is 1. The molecule has 1 atom stereocenters. The highest BCUT2D eigenvalue weighted by atomic mass is 16.6. The maximum Gasteiger partial charge on any atom is 0.349 e. The molecule has 2 heterocycles. The summed E-state index contributed by atoms with van der Waals surface area (Å²) in [5.41, 5.74) is 0.817. The van der Waals surface area contributed by atoms with E-state index in [0.29, 0.717) is 17.4 Å². The number of hydrogen-bond donors (Lipinski definition) is 2. The summed E-state index contributed by atoms with van der Waals surface area (Å²) in [7, 11) is 0. The molecule has 0 aliphatic carbocycles. The quantitative estimate of drug-likeness (QED) is 0.471. The van der Waals surface area contributed by atoms with Gasteiger partial charge in [0.05, 0.1) is 5.69 Å². The molecule has 22 heavy (non-hydrogen) atoms. The van der Waals surface area contributed by atoms with E-state index in [0.717, 1.165) is 11.3 Å². The molecule has 0 radical (unpaired) electrons. The summed E-state index contributed by atoms with van der Waals surface area (Å²) in [5, 5.41) is 13.1. The van der Waals surface area contributed by atoms with Gasteiger partial charge in [-0.25, -0.2) is 4.79 Å². The van der Waals surface area contributed by atoms with E-state index in [4.69, 9.17) is 9.47 Å². The first-order valence-electron chi connectivity index (χ1n) is 7.25. The van der Waals surface area contributed by atoms with Crippen molar-refractivity contribution >= 4 is 11.7 Å². The zero-order valence-electron chi connectivity index (χ0n) is 13.1. The molecule has 1 aromatic rings. The van der Waals surface area contributed by atoms with Crippen LogP contribution in [0.2, 0.25) is 0 Å². The molecule has 1 spiro atoms. The van der Waals surface area contributed by atoms with Crippen molar-refractivity contribution in [3.8, 4) is 5.75 Å². The molecule has 5 heteroatoms. The van der Waals surface area contributed by atoms with Crippen LogP contribution >= 0.6 is 0 Å². The number of cyclic esters (lactones) is 1. The van der Waals surface area contributed by atoms with E-state index < -0.39 is 11.7 Å². The Hall–Kier alpha value is -2.43. The Bertz CT molecular complexity index is 713. The second kappa shape index (κ2) is 4.80. The highest BCUT2D eigenvalue weighted by Crippen LogP contribution is 2.44. The number of rotatable bonds is 1. The highest BCUT2D eigenvalue weighted by Gasteiger charge is 2.49. The third-order valence-electron chi connectivity index (χ3n) is 3.86. The second-order valence-electron chi connectivity index (χ2n) is 5.98. The highest BCUT2D eigenvalue weighted by molar-refractivity contribution is 5.95. The predicted octanol–water partition coefficient (Wildman–Crippen LogP) is 3.60. The van der Waals surface area contributed by atoms with E-state index in [1.54, 1.807) is 13.0 Å². The maximum absolute atomic E-state index is 12.1. The van der Waals surface area contributed by atoms with Gasteiger partial charge in [0.2, 0.25) is 5.72 Å². The van der Waals surface area contributed by atoms with Gasteiger partial charge in [0.25, 0.3) is 0 Å². The Labute approximate surface area is 129 Å². The minimum atomic E-state index is -1.21. The molecule has 0 fully saturated rings. The standard InChI is InChI=1S/C17H19NO4/c1-9(2)12-5-6-14-13(7-12)18-17(22-14)8-10(3)21-16(20)15(17)11(4)19/h5-9,18-19H,1-4H3/t17-/m1/s1. The lowest BCUT2D eigenvalue weighted by atomic mass is 9.98. The van der Waals surface area contributed by atoms with Crippen LogP contribution in [-0.2, 0) is 9.53 Å². The molecule has 0 unspecified atom stereocenters. The van der Waals surface area contributed by atoms with Crippen molar-refractivity contribution in [3.05, 3.63) is 46.9 Å². The van der Waals surface area contributed by atoms with Crippen molar-refractivity contribution in [1.29, 1.82) is 0 Å². The van der Waals surface area contributed by atoms with Crippen LogP contribution in [0.25, 0.3) is 0 Å². The molecule has 116 valence electrons. The Morgan fingerprint density at radius 1 is 1.36 bits per heavy atom. The molecule has 0 saturated carbocycles. The van der Waals surface area contributed by atoms with Crippen molar-refractivity contribution < 1.29 is 19.4 Å². The zero-order valence-corrected chi connectivity index (χ0v) is 13.1. The van der Waals surface area contributed by atoms with E-state index in [1.807, 2.05) is 18.2 Å². The third kappa shape index (κ3) is 2.13. The van der Waals surface area contributed by atoms with Gasteiger partial charge in [-0.05, 0) is 37.5 Å². The summed E-state index contributed by atoms with van der Waals surface area (Å²) < 4.78 is 11.1. The van der Waals surface area contributed by atoms with Crippen LogP contribution in [0, 0.1) is 0 Å². The SMILES string of the molecule is CC1=C[C@]2(Nc3cc(C(C)C)ccc3O2)C(=C(C)O)C(=O)O1. The number of anilines is 1. The number of ether oxygens (including phenoxy) is 2. The van der Waals surface area contributed by atoms with Gasteiger partial charge < -0.3 is 19.9 Å². The van der Waals surface area contributed by atoms with Crippen LogP contribution in [0.3, 0.4) is 0 Å². The second-order valence-corrected chi connectivity index (χ2v) is 5.98. The fourth-order valence-corrected chi connectivity index (χ4v) is 2.82. The molecular formula is C17H19NO4. The first-order chi connectivity index (χ1) is 10.3. The Morgan fingerprint density at radius 3 is 2.73 bits per heavy atom. The van der Waals surface area contributed by atoms with Crippen LogP contribution < -0.4 is 10.1 Å². The first kappa shape index (κ1) is 14.5. The summed E-state index contributed by atoms with van der Waals surface area (Å²) in [4.78, 5) is 12.1. The summed E-state index contributed by atoms with van der Waals surface area (Å²) in [6.07, 6.45) is 1.67. The molecule has 2 aliphatic rings. The van der Waals surface area contributed by atoms with Gasteiger partial charge in [0.15, 0.2) is 0 Å². The molecule has 5 nitrogen and oxygen atoms in total. The number of esters is 1. The topological polar surface area (TPSA) is 67.8 Å². The minimum absolute atomic E-state index is 0.0698. The van der Waals surface area contributed by atoms with Gasteiger partial charge in [-0.3, -0.25) is 0 Å². The Balaban J connectivity index is 2.10. The zero-order chi connectivity index (χ0) is 16.1. The number of aliphatic hydroxyl groups excluding tert-OH is 1. The van der Waals surface area contributed by atoms with E-state index >= 15 is 0 Å². The summed E-state index contributed by atoms with van der Waals surface area (Å²) in [6, 6.07) is 5.87. The lowest BCUT2D eigenvalue weighted by Crippen LogP contribution is -2.47. The van der Waals surface area contributed by atoms with E-state index in [1.165, 1.54) is 6.92 Å². The average molecular weight is 301 g/mol. The number of hydrogen-bond acceptors (Lipinski definition) is 5. The van der Waals surface area contributed by atoms with Gasteiger partial charge in [-0.15, -0.1) is 0 Å². The molecule has 0 amide bonds. The fourth-order valence-electron chi connectivity index (χ4n) is 2.82. The third-order valence-corrected chi connectivity index (χ3v) is 3.86. The van der Waals surface area contributed by atoms with Gasteiger partial charge in [-0.2, -0.15) is 0 Å². The maximum atomic E-state index is 12.1. The molecule has 0 aromatic heterocycles. The van der Waals surface area contributed by atoms with Crippen molar-refractivity contribution in [2.45, 2.75) is 39.3 Å². The number of aliphatic hydroxyl groups is 1. The Kier molecular flexibility index (Phi) is 3.16. The normalized spacial score (nSPS) is 25.3. The number of allylic oxidation sites excluding steroid dienone is 2. The van der Waals surface area contributed by atoms with Crippen molar-refractivity contribution in [2.24, 2.45) is 0 Å². The molecule has 3 rings (SSSR count). The van der Waals surface area contributed by atoms with Gasteiger partial charge in [0.1, 0.15) is 22.8 Å². The number of carbonyl (C=O) groups excluding carboxylic acids is 1. The summed E-state index contributed by atoms with van der Waals surface area (Å²) in [5.74, 6) is 0.718. The van der Waals surface area contributed by atoms with Crippen molar-refractivity contribution in [3.63, 3.8) is 0 Å². The van der Waals surface area contributed by atoms with Crippen molar-refractivity contribution in [1.82, 2.24) is 0 Å². The molecule has 0 saturated heterocycles. The van der Waals surface area contributed by atoms with E-state index in [9.17, 15) is 9.90 Å². The van der Waals surface area contributed by atoms with Crippen molar-refractivity contribution in [2.75, 3.05) is 5.32 Å². The van der Waals surface area contributed by atoms with E-state index in [2.05, 4.69) is 19.2 Å². The fraction of sp³-hybridized carbons (Fsp3) is 0.353. The summed E-state index contributed by atoms with van der Waals surface area (Å²) >= 11 is 0. The number of benzene rings is 1. The lowest BCUT2D eigenvalue weighted by molar-refractivity contribution is -0.138. The lowest BCUT2D eigenvalue weighted by Gasteiger charge is -2.31. The molecule has 2 N–H and O–H groups in total. The smallest absolute Gasteiger partial charge is 0.349 e. The molecule has 1 aromatic carbocycles.